The molecule has 2 heteroatoms. The van der Waals surface area contributed by atoms with Gasteiger partial charge < -0.3 is 9.32 Å². The first kappa shape index (κ1) is 34.6. The third kappa shape index (κ3) is 5.74. The normalized spacial score (nSPS) is 25.6. The third-order valence-electron chi connectivity index (χ3n) is 14.3. The summed E-state index contributed by atoms with van der Waals surface area (Å²) >= 11 is 0. The lowest BCUT2D eigenvalue weighted by molar-refractivity contribution is 0.182. The molecule has 57 heavy (non-hydrogen) atoms. The number of rotatable bonds is 7. The predicted molar refractivity (Wildman–Crippen MR) is 236 cm³/mol. The summed E-state index contributed by atoms with van der Waals surface area (Å²) in [5.74, 6) is 2.46. The molecule has 5 atom stereocenters. The van der Waals surface area contributed by atoms with Crippen molar-refractivity contribution in [1.82, 2.24) is 4.90 Å². The van der Waals surface area contributed by atoms with Gasteiger partial charge >= 0.3 is 0 Å². The minimum atomic E-state index is -0.222. The highest BCUT2D eigenvalue weighted by atomic mass is 16.3. The van der Waals surface area contributed by atoms with Crippen LogP contribution in [-0.2, 0) is 5.41 Å². The van der Waals surface area contributed by atoms with Crippen molar-refractivity contribution < 1.29 is 4.42 Å². The molecule has 11 rings (SSSR count). The van der Waals surface area contributed by atoms with Crippen LogP contribution >= 0.6 is 0 Å². The van der Waals surface area contributed by atoms with Crippen LogP contribution in [0.5, 0.6) is 0 Å². The van der Waals surface area contributed by atoms with Crippen LogP contribution in [0.3, 0.4) is 0 Å². The maximum Gasteiger partial charge on any atom is 0.134 e. The minimum absolute atomic E-state index is 0.222. The summed E-state index contributed by atoms with van der Waals surface area (Å²) in [4.78, 5) is 2.85. The Hall–Kier alpha value is -5.60. The first-order valence-corrected chi connectivity index (χ1v) is 21.6. The Balaban J connectivity index is 0.966. The van der Waals surface area contributed by atoms with Gasteiger partial charge in [0.1, 0.15) is 11.3 Å². The number of hydrogen-bond donors (Lipinski definition) is 0. The summed E-state index contributed by atoms with van der Waals surface area (Å²) < 4.78 is 6.57. The fourth-order valence-corrected chi connectivity index (χ4v) is 11.7. The second-order valence-corrected chi connectivity index (χ2v) is 17.2. The number of allylic oxidation sites excluding steroid dienone is 10. The maximum atomic E-state index is 6.57. The Morgan fingerprint density at radius 1 is 0.632 bits per heavy atom. The van der Waals surface area contributed by atoms with E-state index in [1.807, 2.05) is 0 Å². The zero-order valence-electron chi connectivity index (χ0n) is 32.8. The van der Waals surface area contributed by atoms with Gasteiger partial charge in [-0.15, -0.1) is 0 Å². The lowest BCUT2D eigenvalue weighted by Gasteiger charge is -2.48. The van der Waals surface area contributed by atoms with Gasteiger partial charge in [-0.3, -0.25) is 0 Å². The SMILES string of the molecule is C1=CCC(C2=CC=C(N(C3C=CC(C4CC=Cc5c4oc4ccccc54)=CC3)C3C=CCC(C4(c5ccccc5)c5ccccc5-c5ccccc54)C3)CC2)CC1. The highest BCUT2D eigenvalue weighted by Crippen LogP contribution is 2.59. The minimum Gasteiger partial charge on any atom is -0.460 e. The Morgan fingerprint density at radius 3 is 2.18 bits per heavy atom. The fraction of sp³-hybridized carbons (Fsp3) is 0.273. The molecule has 4 aromatic carbocycles. The van der Waals surface area contributed by atoms with Gasteiger partial charge in [-0.1, -0.05) is 163 Å². The second kappa shape index (κ2) is 14.4. The summed E-state index contributed by atoms with van der Waals surface area (Å²) in [5.41, 5.74) is 13.7. The number of hydrogen-bond acceptors (Lipinski definition) is 2. The van der Waals surface area contributed by atoms with E-state index in [9.17, 15) is 0 Å². The molecular weight excluding hydrogens is 691 g/mol. The van der Waals surface area contributed by atoms with Crippen LogP contribution in [0.25, 0.3) is 28.2 Å². The Bertz CT molecular complexity index is 2510. The highest BCUT2D eigenvalue weighted by Gasteiger charge is 2.51. The highest BCUT2D eigenvalue weighted by molar-refractivity contribution is 5.89. The van der Waals surface area contributed by atoms with Gasteiger partial charge in [0.2, 0.25) is 0 Å². The van der Waals surface area contributed by atoms with Crippen LogP contribution in [0.2, 0.25) is 0 Å². The van der Waals surface area contributed by atoms with Crippen molar-refractivity contribution in [3.63, 3.8) is 0 Å². The zero-order chi connectivity index (χ0) is 37.8. The van der Waals surface area contributed by atoms with Crippen LogP contribution in [-0.4, -0.2) is 17.0 Å². The van der Waals surface area contributed by atoms with Crippen LogP contribution in [0.1, 0.15) is 91.7 Å². The predicted octanol–water partition coefficient (Wildman–Crippen LogP) is 13.8. The topological polar surface area (TPSA) is 16.4 Å². The molecule has 5 aromatic rings. The Morgan fingerprint density at radius 2 is 1.42 bits per heavy atom. The molecule has 0 saturated heterocycles. The third-order valence-corrected chi connectivity index (χ3v) is 14.3. The molecule has 0 spiro atoms. The summed E-state index contributed by atoms with van der Waals surface area (Å²) in [7, 11) is 0. The van der Waals surface area contributed by atoms with Crippen molar-refractivity contribution in [2.75, 3.05) is 0 Å². The largest absolute Gasteiger partial charge is 0.460 e. The lowest BCUT2D eigenvalue weighted by Crippen LogP contribution is -2.47. The van der Waals surface area contributed by atoms with Gasteiger partial charge in [0.25, 0.3) is 0 Å². The first-order valence-electron chi connectivity index (χ1n) is 21.6. The van der Waals surface area contributed by atoms with Gasteiger partial charge in [0.15, 0.2) is 0 Å². The standard InChI is InChI=1S/C55H51NO/c1-3-15-38(16-4-1)39-29-33-43(34-30-39)56(44-35-31-40(32-36-44)46-24-14-25-50-49-23-9-12-28-53(49)57-54(46)50)45-20-13-19-42(37-45)55(41-17-5-2-6-18-41)51-26-10-7-21-47(51)48-22-8-11-27-52(48)55/h1-3,5-14,17-18,20-23,25-29,31-33,35,38,42,44-46H,4,15-16,19,24,30,34,36-37H2. The molecule has 282 valence electrons. The van der Waals surface area contributed by atoms with E-state index in [-0.39, 0.29) is 23.4 Å². The first-order chi connectivity index (χ1) is 28.3. The van der Waals surface area contributed by atoms with Crippen molar-refractivity contribution in [1.29, 1.82) is 0 Å². The van der Waals surface area contributed by atoms with E-state index >= 15 is 0 Å². The fourth-order valence-electron chi connectivity index (χ4n) is 11.7. The van der Waals surface area contributed by atoms with Gasteiger partial charge in [0.05, 0.1) is 6.04 Å². The average molecular weight is 742 g/mol. The molecular formula is C55H51NO. The molecule has 0 bridgehead atoms. The Kier molecular flexibility index (Phi) is 8.75. The smallest absolute Gasteiger partial charge is 0.134 e. The van der Waals surface area contributed by atoms with Crippen molar-refractivity contribution in [2.45, 2.75) is 81.2 Å². The summed E-state index contributed by atoms with van der Waals surface area (Å²) in [5, 5.41) is 1.22. The number of nitrogens with zero attached hydrogens (tertiary/aromatic N) is 1. The summed E-state index contributed by atoms with van der Waals surface area (Å²) in [6, 6.07) is 39.0. The van der Waals surface area contributed by atoms with Crippen molar-refractivity contribution in [2.24, 2.45) is 11.8 Å². The Labute approximate surface area is 338 Å². The van der Waals surface area contributed by atoms with Crippen molar-refractivity contribution >= 4 is 17.0 Å². The lowest BCUT2D eigenvalue weighted by atomic mass is 9.60. The van der Waals surface area contributed by atoms with Crippen LogP contribution in [0, 0.1) is 11.8 Å². The molecule has 0 aliphatic heterocycles. The quantitative estimate of drug-likeness (QED) is 0.154. The van der Waals surface area contributed by atoms with Crippen molar-refractivity contribution in [3.8, 4) is 11.1 Å². The number of fused-ring (bicyclic) bond motifs is 6. The van der Waals surface area contributed by atoms with Gasteiger partial charge in [0, 0.05) is 34.0 Å². The van der Waals surface area contributed by atoms with Crippen molar-refractivity contribution in [3.05, 3.63) is 209 Å². The van der Waals surface area contributed by atoms with Crippen LogP contribution < -0.4 is 0 Å². The zero-order valence-corrected chi connectivity index (χ0v) is 32.8. The van der Waals surface area contributed by atoms with E-state index in [1.54, 1.807) is 5.57 Å². The van der Waals surface area contributed by atoms with E-state index in [0.717, 1.165) is 49.9 Å². The van der Waals surface area contributed by atoms with Gasteiger partial charge in [-0.05, 0) is 115 Å². The molecule has 6 aliphatic rings. The van der Waals surface area contributed by atoms with E-state index in [2.05, 4.69) is 175 Å². The summed E-state index contributed by atoms with van der Waals surface area (Å²) in [6.45, 7) is 0. The molecule has 6 aliphatic carbocycles. The molecule has 0 radical (unpaired) electrons. The maximum absolute atomic E-state index is 6.57. The monoisotopic (exact) mass is 741 g/mol. The summed E-state index contributed by atoms with van der Waals surface area (Å²) in [6.07, 6.45) is 37.1. The van der Waals surface area contributed by atoms with E-state index in [1.165, 1.54) is 69.3 Å². The molecule has 5 unspecified atom stereocenters. The molecule has 2 nitrogen and oxygen atoms in total. The van der Waals surface area contributed by atoms with E-state index in [0.29, 0.717) is 11.8 Å². The van der Waals surface area contributed by atoms with E-state index in [4.69, 9.17) is 4.42 Å². The van der Waals surface area contributed by atoms with Crippen LogP contribution in [0.4, 0.5) is 0 Å². The number of furan rings is 1. The van der Waals surface area contributed by atoms with Gasteiger partial charge in [-0.2, -0.15) is 0 Å². The number of para-hydroxylation sites is 1. The molecule has 0 fully saturated rings. The van der Waals surface area contributed by atoms with Crippen LogP contribution in [0.15, 0.2) is 185 Å². The average Bonchev–Trinajstić information content (AvgIpc) is 3.82. The molecule has 1 aromatic heterocycles. The van der Waals surface area contributed by atoms with E-state index < -0.39 is 0 Å². The molecule has 0 saturated carbocycles. The second-order valence-electron chi connectivity index (χ2n) is 17.2. The molecule has 0 amide bonds. The molecule has 0 N–H and O–H groups in total. The van der Waals surface area contributed by atoms with Gasteiger partial charge in [-0.25, -0.2) is 0 Å². The molecule has 1 heterocycles. The number of benzene rings is 4.